The number of nitrogens with zero attached hydrogens (tertiary/aromatic N) is 4. The van der Waals surface area contributed by atoms with E-state index in [4.69, 9.17) is 25.6 Å². The monoisotopic (exact) mass is 694 g/mol. The van der Waals surface area contributed by atoms with Crippen molar-refractivity contribution < 1.29 is 29.0 Å². The SMILES string of the molecule is CC1(C)C(c2ccccc2)=CC=CC1(COc1cc(OCc2cccc(C#N)c2)c(CN2CCCC[C@H]2C(=O)O)cc1Cl)c1noc(CO)n1. The van der Waals surface area contributed by atoms with Gasteiger partial charge in [-0.2, -0.15) is 10.2 Å². The maximum absolute atomic E-state index is 12.1. The molecule has 1 fully saturated rings. The summed E-state index contributed by atoms with van der Waals surface area (Å²) < 4.78 is 18.4. The second kappa shape index (κ2) is 14.9. The number of rotatable bonds is 12. The Hall–Kier alpha value is -4.95. The van der Waals surface area contributed by atoms with Gasteiger partial charge < -0.3 is 24.2 Å². The molecule has 1 unspecified atom stereocenters. The molecule has 0 bridgehead atoms. The highest BCUT2D eigenvalue weighted by Gasteiger charge is 2.52. The Labute approximate surface area is 296 Å². The lowest BCUT2D eigenvalue weighted by Gasteiger charge is -2.46. The number of ether oxygens (including phenoxy) is 2. The Bertz CT molecular complexity index is 1950. The number of aliphatic carboxylic acids is 1. The number of carbonyl (C=O) groups is 1. The highest BCUT2D eigenvalue weighted by Crippen LogP contribution is 2.53. The van der Waals surface area contributed by atoms with Crippen LogP contribution in [0, 0.1) is 16.7 Å². The van der Waals surface area contributed by atoms with E-state index in [1.54, 1.807) is 30.3 Å². The molecule has 0 saturated carbocycles. The predicted molar refractivity (Wildman–Crippen MR) is 187 cm³/mol. The van der Waals surface area contributed by atoms with Crippen molar-refractivity contribution in [1.29, 1.82) is 5.26 Å². The van der Waals surface area contributed by atoms with Gasteiger partial charge >= 0.3 is 5.97 Å². The number of benzene rings is 3. The van der Waals surface area contributed by atoms with Crippen molar-refractivity contribution in [1.82, 2.24) is 15.0 Å². The minimum atomic E-state index is -0.951. The van der Waals surface area contributed by atoms with Crippen LogP contribution >= 0.6 is 11.6 Å². The van der Waals surface area contributed by atoms with Crippen molar-refractivity contribution in [3.05, 3.63) is 124 Å². The van der Waals surface area contributed by atoms with Crippen LogP contribution in [0.15, 0.2) is 89.5 Å². The van der Waals surface area contributed by atoms with Crippen LogP contribution in [0.2, 0.25) is 5.02 Å². The number of hydrogen-bond donors (Lipinski definition) is 2. The van der Waals surface area contributed by atoms with Gasteiger partial charge in [-0.25, -0.2) is 0 Å². The van der Waals surface area contributed by atoms with E-state index < -0.39 is 29.4 Å². The third-order valence-electron chi connectivity index (χ3n) is 9.81. The first-order chi connectivity index (χ1) is 24.1. The van der Waals surface area contributed by atoms with E-state index in [0.717, 1.165) is 35.1 Å². The molecule has 1 aliphatic heterocycles. The topological polar surface area (TPSA) is 142 Å². The van der Waals surface area contributed by atoms with E-state index in [0.29, 0.717) is 47.4 Å². The number of carboxylic acid groups (broad SMARTS) is 1. The first-order valence-electron chi connectivity index (χ1n) is 16.6. The summed E-state index contributed by atoms with van der Waals surface area (Å²) in [5.74, 6) is 0.441. The first kappa shape index (κ1) is 34.9. The summed E-state index contributed by atoms with van der Waals surface area (Å²) in [4.78, 5) is 18.6. The van der Waals surface area contributed by atoms with Crippen molar-refractivity contribution in [3.63, 3.8) is 0 Å². The van der Waals surface area contributed by atoms with E-state index in [1.807, 2.05) is 41.3 Å². The number of piperidine rings is 1. The highest BCUT2D eigenvalue weighted by atomic mass is 35.5. The number of halogens is 1. The fraction of sp³-hybridized carbons (Fsp3) is 0.333. The van der Waals surface area contributed by atoms with Gasteiger partial charge in [-0.1, -0.05) is 97.7 Å². The van der Waals surface area contributed by atoms with Gasteiger partial charge in [0.15, 0.2) is 5.82 Å². The molecule has 0 radical (unpaired) electrons. The standard InChI is InChI=1S/C39H39ClN4O6/c1-38(2)30(28-12-4-3-5-13-28)14-9-16-39(38,37-42-35(23-45)50-43-37)25-49-34-20-33(48-24-27-11-8-10-26(18-27)21-41)29(19-31(34)40)22-44-17-7-6-15-32(44)36(46)47/h3-5,8-14,16,18-20,32,45H,6-7,15,17,22-25H2,1-2H3,(H,46,47)/t32-,39?/m0/s1. The molecular formula is C39H39ClN4O6. The second-order valence-corrected chi connectivity index (χ2v) is 13.6. The number of nitriles is 1. The summed E-state index contributed by atoms with van der Waals surface area (Å²) in [7, 11) is 0. The number of carboxylic acids is 1. The molecule has 10 nitrogen and oxygen atoms in total. The van der Waals surface area contributed by atoms with Gasteiger partial charge in [-0.15, -0.1) is 0 Å². The molecule has 3 aromatic carbocycles. The number of hydrogen-bond acceptors (Lipinski definition) is 9. The van der Waals surface area contributed by atoms with E-state index in [1.165, 1.54) is 0 Å². The third kappa shape index (κ3) is 7.03. The van der Waals surface area contributed by atoms with Gasteiger partial charge in [0, 0.05) is 23.6 Å². The van der Waals surface area contributed by atoms with Crippen molar-refractivity contribution in [2.45, 2.75) is 64.3 Å². The number of likely N-dealkylation sites (tertiary alicyclic amines) is 1. The van der Waals surface area contributed by atoms with Crippen LogP contribution in [0.5, 0.6) is 11.5 Å². The van der Waals surface area contributed by atoms with Gasteiger partial charge in [0.25, 0.3) is 5.89 Å². The molecule has 1 aliphatic carbocycles. The van der Waals surface area contributed by atoms with E-state index in [2.05, 4.69) is 48.3 Å². The molecule has 11 heteroatoms. The molecule has 2 atom stereocenters. The van der Waals surface area contributed by atoms with E-state index in [9.17, 15) is 20.3 Å². The Kier molecular flexibility index (Phi) is 10.4. The van der Waals surface area contributed by atoms with Crippen molar-refractivity contribution >= 4 is 23.1 Å². The second-order valence-electron chi connectivity index (χ2n) is 13.2. The zero-order chi connectivity index (χ0) is 35.3. The van der Waals surface area contributed by atoms with Crippen LogP contribution in [0.4, 0.5) is 0 Å². The number of aliphatic hydroxyl groups excluding tert-OH is 1. The maximum atomic E-state index is 12.1. The zero-order valence-corrected chi connectivity index (χ0v) is 28.8. The van der Waals surface area contributed by atoms with E-state index in [-0.39, 0.29) is 19.1 Å². The molecule has 6 rings (SSSR count). The summed E-state index contributed by atoms with van der Waals surface area (Å²) in [6.07, 6.45) is 8.34. The molecule has 0 spiro atoms. The van der Waals surface area contributed by atoms with Crippen LogP contribution in [-0.2, 0) is 30.0 Å². The minimum absolute atomic E-state index is 0.0566. The zero-order valence-electron chi connectivity index (χ0n) is 28.0. The Balaban J connectivity index is 1.36. The van der Waals surface area contributed by atoms with Crippen molar-refractivity contribution in [2.24, 2.45) is 5.41 Å². The van der Waals surface area contributed by atoms with E-state index >= 15 is 0 Å². The van der Waals surface area contributed by atoms with Crippen LogP contribution in [0.3, 0.4) is 0 Å². The fourth-order valence-corrected chi connectivity index (χ4v) is 7.14. The lowest BCUT2D eigenvalue weighted by atomic mass is 9.58. The number of allylic oxidation sites excluding steroid dienone is 3. The Morgan fingerprint density at radius 2 is 1.92 bits per heavy atom. The minimum Gasteiger partial charge on any atom is -0.490 e. The number of aliphatic hydroxyl groups is 1. The summed E-state index contributed by atoms with van der Waals surface area (Å²) in [6, 6.07) is 22.3. The van der Waals surface area contributed by atoms with Crippen molar-refractivity contribution in [3.8, 4) is 17.6 Å². The fourth-order valence-electron chi connectivity index (χ4n) is 6.89. The molecule has 2 heterocycles. The summed E-state index contributed by atoms with van der Waals surface area (Å²) in [6.45, 7) is 4.98. The van der Waals surface area contributed by atoms with Crippen LogP contribution < -0.4 is 9.47 Å². The van der Waals surface area contributed by atoms with Crippen LogP contribution in [0.25, 0.3) is 5.57 Å². The van der Waals surface area contributed by atoms with Crippen molar-refractivity contribution in [2.75, 3.05) is 13.2 Å². The first-order valence-corrected chi connectivity index (χ1v) is 17.0. The average molecular weight is 695 g/mol. The highest BCUT2D eigenvalue weighted by molar-refractivity contribution is 6.32. The Morgan fingerprint density at radius 1 is 1.10 bits per heavy atom. The molecule has 2 N–H and O–H groups in total. The largest absolute Gasteiger partial charge is 0.490 e. The molecule has 2 aliphatic rings. The quantitative estimate of drug-likeness (QED) is 0.158. The van der Waals surface area contributed by atoms with Gasteiger partial charge in [-0.05, 0) is 54.3 Å². The number of aromatic nitrogens is 2. The smallest absolute Gasteiger partial charge is 0.320 e. The predicted octanol–water partition coefficient (Wildman–Crippen LogP) is 7.10. The molecule has 1 saturated heterocycles. The average Bonchev–Trinajstić information content (AvgIpc) is 3.62. The normalized spacial score (nSPS) is 20.1. The molecule has 50 heavy (non-hydrogen) atoms. The van der Waals surface area contributed by atoms with Gasteiger partial charge in [0.05, 0.1) is 22.1 Å². The summed E-state index contributed by atoms with van der Waals surface area (Å²) in [5.41, 5.74) is 2.54. The lowest BCUT2D eigenvalue weighted by molar-refractivity contribution is -0.144. The van der Waals surface area contributed by atoms with Gasteiger partial charge in [-0.3, -0.25) is 9.69 Å². The van der Waals surface area contributed by atoms with Gasteiger partial charge in [0.2, 0.25) is 0 Å². The van der Waals surface area contributed by atoms with Gasteiger partial charge in [0.1, 0.15) is 37.4 Å². The molecular weight excluding hydrogens is 656 g/mol. The Morgan fingerprint density at radius 3 is 2.66 bits per heavy atom. The summed E-state index contributed by atoms with van der Waals surface area (Å²) in [5, 5.41) is 33.7. The molecule has 0 amide bonds. The third-order valence-corrected chi connectivity index (χ3v) is 10.1. The molecule has 4 aromatic rings. The van der Waals surface area contributed by atoms with Crippen LogP contribution in [-0.4, -0.2) is 50.4 Å². The molecule has 258 valence electrons. The lowest BCUT2D eigenvalue weighted by Crippen LogP contribution is -2.48. The maximum Gasteiger partial charge on any atom is 0.320 e. The summed E-state index contributed by atoms with van der Waals surface area (Å²) >= 11 is 6.94. The molecule has 1 aromatic heterocycles. The van der Waals surface area contributed by atoms with Crippen LogP contribution in [0.1, 0.15) is 67.1 Å².